The van der Waals surface area contributed by atoms with Crippen LogP contribution in [0.4, 0.5) is 17.6 Å². The highest BCUT2D eigenvalue weighted by Crippen LogP contribution is 2.28. The van der Waals surface area contributed by atoms with Gasteiger partial charge in [0.05, 0.1) is 6.61 Å². The van der Waals surface area contributed by atoms with E-state index in [0.717, 1.165) is 0 Å². The van der Waals surface area contributed by atoms with Crippen molar-refractivity contribution in [2.24, 2.45) is 0 Å². The first-order valence-corrected chi connectivity index (χ1v) is 5.38. The van der Waals surface area contributed by atoms with Crippen LogP contribution in [0.3, 0.4) is 0 Å². The Kier molecular flexibility index (Phi) is 3.68. The first-order chi connectivity index (χ1) is 9.47. The van der Waals surface area contributed by atoms with E-state index in [-0.39, 0.29) is 6.61 Å². The number of rotatable bonds is 3. The molecule has 0 unspecified atom stereocenters. The fourth-order valence-corrected chi connectivity index (χ4v) is 1.51. The van der Waals surface area contributed by atoms with Crippen molar-refractivity contribution >= 4 is 5.97 Å². The molecule has 1 N–H and O–H groups in total. The SMILES string of the molecule is CCOC(=O)c1n[nH]nc1-c1cc(F)c(F)c(F)c1F. The number of hydrogen-bond donors (Lipinski definition) is 1. The number of hydrogen-bond acceptors (Lipinski definition) is 4. The molecular formula is C11H7F4N3O2. The van der Waals surface area contributed by atoms with Gasteiger partial charge in [-0.1, -0.05) is 0 Å². The van der Waals surface area contributed by atoms with Crippen LogP contribution in [0.2, 0.25) is 0 Å². The predicted octanol–water partition coefficient (Wildman–Crippen LogP) is 2.20. The monoisotopic (exact) mass is 289 g/mol. The zero-order chi connectivity index (χ0) is 14.9. The minimum absolute atomic E-state index is 0.0136. The van der Waals surface area contributed by atoms with Gasteiger partial charge in [-0.05, 0) is 13.0 Å². The summed E-state index contributed by atoms with van der Waals surface area (Å²) in [4.78, 5) is 11.5. The van der Waals surface area contributed by atoms with Gasteiger partial charge in [0.25, 0.3) is 0 Å². The lowest BCUT2D eigenvalue weighted by atomic mass is 10.1. The minimum Gasteiger partial charge on any atom is -0.461 e. The maximum absolute atomic E-state index is 13.6. The molecule has 1 aromatic carbocycles. The molecule has 9 heteroatoms. The molecule has 5 nitrogen and oxygen atoms in total. The van der Waals surface area contributed by atoms with Crippen LogP contribution in [0.15, 0.2) is 6.07 Å². The van der Waals surface area contributed by atoms with Gasteiger partial charge in [-0.25, -0.2) is 22.4 Å². The van der Waals surface area contributed by atoms with Crippen LogP contribution in [0, 0.1) is 23.3 Å². The summed E-state index contributed by atoms with van der Waals surface area (Å²) in [5.41, 5.74) is -1.67. The number of H-pyrrole nitrogens is 1. The van der Waals surface area contributed by atoms with E-state index in [2.05, 4.69) is 14.9 Å². The van der Waals surface area contributed by atoms with Crippen molar-refractivity contribution in [2.75, 3.05) is 6.61 Å². The topological polar surface area (TPSA) is 67.9 Å². The predicted molar refractivity (Wildman–Crippen MR) is 57.6 cm³/mol. The fourth-order valence-electron chi connectivity index (χ4n) is 1.51. The highest BCUT2D eigenvalue weighted by molar-refractivity contribution is 5.93. The average molecular weight is 289 g/mol. The molecule has 2 aromatic rings. The Labute approximate surface area is 109 Å². The van der Waals surface area contributed by atoms with Crippen LogP contribution in [0.25, 0.3) is 11.3 Å². The molecular weight excluding hydrogens is 282 g/mol. The number of carbonyl (C=O) groups is 1. The van der Waals surface area contributed by atoms with E-state index in [1.807, 2.05) is 5.21 Å². The summed E-state index contributed by atoms with van der Waals surface area (Å²) in [5.74, 6) is -8.20. The average Bonchev–Trinajstić information content (AvgIpc) is 2.90. The second-order valence-electron chi connectivity index (χ2n) is 3.59. The Morgan fingerprint density at radius 2 is 1.90 bits per heavy atom. The molecule has 0 amide bonds. The minimum atomic E-state index is -2.00. The van der Waals surface area contributed by atoms with E-state index in [0.29, 0.717) is 6.07 Å². The standard InChI is InChI=1S/C11H7F4N3O2/c1-2-20-11(19)10-9(16-18-17-10)4-3-5(12)7(14)8(15)6(4)13/h3H,2H2,1H3,(H,16,17,18). The maximum atomic E-state index is 13.6. The van der Waals surface area contributed by atoms with Gasteiger partial charge in [0.1, 0.15) is 5.69 Å². The Bertz CT molecular complexity index is 672. The summed E-state index contributed by atoms with van der Waals surface area (Å²) in [7, 11) is 0. The number of halogens is 4. The van der Waals surface area contributed by atoms with E-state index < -0.39 is 46.2 Å². The number of nitrogens with one attached hydrogen (secondary N) is 1. The number of carbonyl (C=O) groups excluding carboxylic acids is 1. The van der Waals surface area contributed by atoms with Crippen molar-refractivity contribution in [3.63, 3.8) is 0 Å². The van der Waals surface area contributed by atoms with Crippen LogP contribution in [0.5, 0.6) is 0 Å². The fraction of sp³-hybridized carbons (Fsp3) is 0.182. The van der Waals surface area contributed by atoms with Gasteiger partial charge in [-0.2, -0.15) is 10.3 Å². The Hall–Kier alpha value is -2.45. The summed E-state index contributed by atoms with van der Waals surface area (Å²) < 4.78 is 57.4. The Balaban J connectivity index is 2.59. The highest BCUT2D eigenvalue weighted by atomic mass is 19.2. The van der Waals surface area contributed by atoms with Crippen molar-refractivity contribution in [1.82, 2.24) is 15.4 Å². The third kappa shape index (κ3) is 2.22. The summed E-state index contributed by atoms with van der Waals surface area (Å²) in [5, 5.41) is 8.86. The lowest BCUT2D eigenvalue weighted by molar-refractivity contribution is 0.0520. The zero-order valence-corrected chi connectivity index (χ0v) is 10.0. The molecule has 20 heavy (non-hydrogen) atoms. The third-order valence-electron chi connectivity index (χ3n) is 2.37. The van der Waals surface area contributed by atoms with Gasteiger partial charge in [-0.15, -0.1) is 5.10 Å². The van der Waals surface area contributed by atoms with Crippen molar-refractivity contribution in [3.05, 3.63) is 35.0 Å². The lowest BCUT2D eigenvalue weighted by Gasteiger charge is -2.04. The van der Waals surface area contributed by atoms with Crippen LogP contribution in [-0.4, -0.2) is 28.0 Å². The summed E-state index contributed by atoms with van der Waals surface area (Å²) in [6.45, 7) is 1.54. The first kappa shape index (κ1) is 14.0. The van der Waals surface area contributed by atoms with Gasteiger partial charge in [0.15, 0.2) is 29.0 Å². The van der Waals surface area contributed by atoms with Crippen molar-refractivity contribution in [2.45, 2.75) is 6.92 Å². The van der Waals surface area contributed by atoms with Crippen LogP contribution < -0.4 is 0 Å². The number of aromatic amines is 1. The van der Waals surface area contributed by atoms with Gasteiger partial charge in [0.2, 0.25) is 0 Å². The van der Waals surface area contributed by atoms with Gasteiger partial charge < -0.3 is 4.74 Å². The number of esters is 1. The van der Waals surface area contributed by atoms with Crippen LogP contribution >= 0.6 is 0 Å². The lowest BCUT2D eigenvalue weighted by Crippen LogP contribution is -2.08. The molecule has 0 saturated heterocycles. The van der Waals surface area contributed by atoms with Gasteiger partial charge in [-0.3, -0.25) is 0 Å². The molecule has 0 bridgehead atoms. The molecule has 0 fully saturated rings. The van der Waals surface area contributed by atoms with E-state index in [4.69, 9.17) is 0 Å². The van der Waals surface area contributed by atoms with Gasteiger partial charge >= 0.3 is 5.97 Å². The van der Waals surface area contributed by atoms with Crippen molar-refractivity contribution < 1.29 is 27.1 Å². The highest BCUT2D eigenvalue weighted by Gasteiger charge is 2.26. The second-order valence-corrected chi connectivity index (χ2v) is 3.59. The molecule has 0 aliphatic carbocycles. The van der Waals surface area contributed by atoms with Crippen LogP contribution in [-0.2, 0) is 4.74 Å². The number of aromatic nitrogens is 3. The molecule has 0 atom stereocenters. The third-order valence-corrected chi connectivity index (χ3v) is 2.37. The summed E-state index contributed by atoms with van der Waals surface area (Å²) in [6, 6.07) is 0.383. The Morgan fingerprint density at radius 3 is 2.55 bits per heavy atom. The smallest absolute Gasteiger partial charge is 0.361 e. The zero-order valence-electron chi connectivity index (χ0n) is 10.0. The molecule has 2 rings (SSSR count). The maximum Gasteiger partial charge on any atom is 0.361 e. The summed E-state index contributed by atoms with van der Waals surface area (Å²) >= 11 is 0. The van der Waals surface area contributed by atoms with E-state index >= 15 is 0 Å². The van der Waals surface area contributed by atoms with Crippen LogP contribution in [0.1, 0.15) is 17.4 Å². The number of nitrogens with zero attached hydrogens (tertiary/aromatic N) is 2. The van der Waals surface area contributed by atoms with E-state index in [1.54, 1.807) is 0 Å². The molecule has 0 aliphatic rings. The van der Waals surface area contributed by atoms with Crippen molar-refractivity contribution in [3.8, 4) is 11.3 Å². The number of ether oxygens (including phenoxy) is 1. The molecule has 0 spiro atoms. The number of benzene rings is 1. The van der Waals surface area contributed by atoms with Gasteiger partial charge in [0, 0.05) is 5.56 Å². The molecule has 1 heterocycles. The first-order valence-electron chi connectivity index (χ1n) is 5.38. The molecule has 0 aliphatic heterocycles. The van der Waals surface area contributed by atoms with E-state index in [1.165, 1.54) is 6.92 Å². The van der Waals surface area contributed by atoms with E-state index in [9.17, 15) is 22.4 Å². The Morgan fingerprint density at radius 1 is 1.20 bits per heavy atom. The summed E-state index contributed by atoms with van der Waals surface area (Å²) in [6.07, 6.45) is 0. The molecule has 1 aromatic heterocycles. The normalized spacial score (nSPS) is 10.7. The second kappa shape index (κ2) is 5.27. The van der Waals surface area contributed by atoms with Crippen molar-refractivity contribution in [1.29, 1.82) is 0 Å². The molecule has 0 saturated carbocycles. The molecule has 106 valence electrons. The quantitative estimate of drug-likeness (QED) is 0.407. The largest absolute Gasteiger partial charge is 0.461 e. The molecule has 0 radical (unpaired) electrons.